The number of halogens is 3. The summed E-state index contributed by atoms with van der Waals surface area (Å²) in [6.07, 6.45) is -4.46. The Morgan fingerprint density at radius 2 is 1.61 bits per heavy atom. The molecule has 150 valence electrons. The first-order valence-electron chi connectivity index (χ1n) is 8.75. The van der Waals surface area contributed by atoms with Crippen molar-refractivity contribution in [3.8, 4) is 0 Å². The van der Waals surface area contributed by atoms with Crippen LogP contribution in [0.1, 0.15) is 27.5 Å². The molecule has 3 N–H and O–H groups in total. The zero-order chi connectivity index (χ0) is 20.7. The van der Waals surface area contributed by atoms with Crippen molar-refractivity contribution in [2.45, 2.75) is 12.2 Å². The lowest BCUT2D eigenvalue weighted by Crippen LogP contribution is -3.06. The number of carbonyl (C=O) groups is 2. The summed E-state index contributed by atoms with van der Waals surface area (Å²) in [5.74, 6) is -0.992. The van der Waals surface area contributed by atoms with Crippen LogP contribution >= 0.6 is 0 Å². The number of alkyl halides is 3. The number of amides is 2. The molecule has 0 unspecified atom stereocenters. The predicted molar refractivity (Wildman–Crippen MR) is 98.8 cm³/mol. The van der Waals surface area contributed by atoms with Crippen LogP contribution in [-0.4, -0.2) is 39.0 Å². The number of rotatable bonds is 7. The van der Waals surface area contributed by atoms with Crippen molar-refractivity contribution in [1.82, 2.24) is 10.6 Å². The third-order valence-electron chi connectivity index (χ3n) is 4.03. The van der Waals surface area contributed by atoms with Crippen LogP contribution in [-0.2, 0) is 11.0 Å². The molecule has 0 aromatic heterocycles. The Labute approximate surface area is 161 Å². The molecule has 8 heteroatoms. The van der Waals surface area contributed by atoms with Gasteiger partial charge in [-0.3, -0.25) is 9.59 Å². The molecule has 0 heterocycles. The molecule has 2 rings (SSSR count). The first-order valence-corrected chi connectivity index (χ1v) is 8.75. The molecule has 2 aromatic carbocycles. The van der Waals surface area contributed by atoms with Crippen molar-refractivity contribution in [1.29, 1.82) is 0 Å². The molecule has 28 heavy (non-hydrogen) atoms. The Morgan fingerprint density at radius 1 is 1.00 bits per heavy atom. The van der Waals surface area contributed by atoms with Crippen LogP contribution < -0.4 is 15.5 Å². The Bertz CT molecular complexity index is 791. The van der Waals surface area contributed by atoms with Crippen LogP contribution in [0.25, 0.3) is 0 Å². The molecule has 5 nitrogen and oxygen atoms in total. The molecule has 0 aliphatic carbocycles. The summed E-state index contributed by atoms with van der Waals surface area (Å²) in [5.41, 5.74) is 0.169. The van der Waals surface area contributed by atoms with Crippen LogP contribution in [0.4, 0.5) is 13.2 Å². The molecule has 0 radical (unpaired) electrons. The maximum absolute atomic E-state index is 12.6. The van der Waals surface area contributed by atoms with Gasteiger partial charge in [0.25, 0.3) is 5.91 Å². The van der Waals surface area contributed by atoms with Gasteiger partial charge in [-0.1, -0.05) is 30.3 Å². The molecule has 0 saturated carbocycles. The normalized spacial score (nSPS) is 12.5. The van der Waals surface area contributed by atoms with E-state index < -0.39 is 17.6 Å². The van der Waals surface area contributed by atoms with Gasteiger partial charge in [-0.25, -0.2) is 0 Å². The lowest BCUT2D eigenvalue weighted by Gasteiger charge is -2.21. The first kappa shape index (κ1) is 21.4. The van der Waals surface area contributed by atoms with Crippen molar-refractivity contribution in [2.75, 3.05) is 27.2 Å². The van der Waals surface area contributed by atoms with E-state index >= 15 is 0 Å². The van der Waals surface area contributed by atoms with Gasteiger partial charge < -0.3 is 15.5 Å². The molecular formula is C20H23F3N3O2+. The molecule has 0 aliphatic rings. The molecule has 0 bridgehead atoms. The summed E-state index contributed by atoms with van der Waals surface area (Å²) < 4.78 is 37.7. The van der Waals surface area contributed by atoms with Crippen molar-refractivity contribution in [3.63, 3.8) is 0 Å². The molecular weight excluding hydrogens is 371 g/mol. The number of quaternary nitrogens is 1. The molecule has 2 amide bonds. The fourth-order valence-electron chi connectivity index (χ4n) is 2.66. The van der Waals surface area contributed by atoms with E-state index in [-0.39, 0.29) is 24.1 Å². The Morgan fingerprint density at radius 3 is 2.14 bits per heavy atom. The van der Waals surface area contributed by atoms with Gasteiger partial charge in [-0.2, -0.15) is 13.2 Å². The molecule has 2 aromatic rings. The molecule has 0 spiro atoms. The van der Waals surface area contributed by atoms with Gasteiger partial charge in [0.05, 0.1) is 26.2 Å². The van der Waals surface area contributed by atoms with Crippen molar-refractivity contribution in [3.05, 3.63) is 71.3 Å². The van der Waals surface area contributed by atoms with E-state index in [1.807, 2.05) is 44.4 Å². The van der Waals surface area contributed by atoms with E-state index in [0.29, 0.717) is 6.54 Å². The molecule has 1 atom stereocenters. The average molecular weight is 394 g/mol. The quantitative estimate of drug-likeness (QED) is 0.666. The van der Waals surface area contributed by atoms with Crippen LogP contribution in [0.5, 0.6) is 0 Å². The number of likely N-dealkylation sites (N-methyl/N-ethyl adjacent to an activating group) is 1. The highest BCUT2D eigenvalue weighted by Crippen LogP contribution is 2.29. The van der Waals surface area contributed by atoms with E-state index in [2.05, 4.69) is 10.6 Å². The first-order chi connectivity index (χ1) is 13.2. The van der Waals surface area contributed by atoms with Gasteiger partial charge in [0.1, 0.15) is 12.6 Å². The Balaban J connectivity index is 1.93. The third-order valence-corrected chi connectivity index (χ3v) is 4.03. The number of carbonyl (C=O) groups excluding carboxylic acids is 2. The fraction of sp³-hybridized carbons (Fsp3) is 0.300. The van der Waals surface area contributed by atoms with Crippen LogP contribution in [0, 0.1) is 0 Å². The summed E-state index contributed by atoms with van der Waals surface area (Å²) in [6, 6.07) is 13.1. The summed E-state index contributed by atoms with van der Waals surface area (Å²) in [7, 11) is 3.93. The molecule has 0 aliphatic heterocycles. The van der Waals surface area contributed by atoms with E-state index in [9.17, 15) is 22.8 Å². The largest absolute Gasteiger partial charge is 0.416 e. The lowest BCUT2D eigenvalue weighted by atomic mass is 10.1. The predicted octanol–water partition coefficient (Wildman–Crippen LogP) is 1.44. The number of nitrogens with one attached hydrogen (secondary N) is 3. The van der Waals surface area contributed by atoms with Gasteiger partial charge in [-0.15, -0.1) is 0 Å². The van der Waals surface area contributed by atoms with Gasteiger partial charge in [0, 0.05) is 5.56 Å². The average Bonchev–Trinajstić information content (AvgIpc) is 2.65. The minimum atomic E-state index is -4.46. The second-order valence-electron chi connectivity index (χ2n) is 6.70. The maximum atomic E-state index is 12.6. The van der Waals surface area contributed by atoms with Crippen molar-refractivity contribution < 1.29 is 27.7 Å². The van der Waals surface area contributed by atoms with Gasteiger partial charge >= 0.3 is 6.18 Å². The van der Waals surface area contributed by atoms with Crippen molar-refractivity contribution in [2.24, 2.45) is 0 Å². The summed E-state index contributed by atoms with van der Waals surface area (Å²) >= 11 is 0. The summed E-state index contributed by atoms with van der Waals surface area (Å²) in [5, 5.41) is 5.31. The highest BCUT2D eigenvalue weighted by molar-refractivity contribution is 5.96. The number of hydrogen-bond acceptors (Lipinski definition) is 2. The summed E-state index contributed by atoms with van der Waals surface area (Å²) in [6.45, 7) is 0.383. The number of benzene rings is 2. The Hall–Kier alpha value is -2.87. The Kier molecular flexibility index (Phi) is 7.17. The zero-order valence-electron chi connectivity index (χ0n) is 15.6. The summed E-state index contributed by atoms with van der Waals surface area (Å²) in [4.78, 5) is 25.5. The van der Waals surface area contributed by atoms with Crippen LogP contribution in [0.15, 0.2) is 54.6 Å². The highest BCUT2D eigenvalue weighted by atomic mass is 19.4. The maximum Gasteiger partial charge on any atom is 0.416 e. The number of hydrogen-bond donors (Lipinski definition) is 3. The standard InChI is InChI=1S/C20H22F3N3O2/c1-26(2)13-17(14-6-4-3-5-7-14)25-18(27)12-24-19(28)15-8-10-16(11-9-15)20(21,22)23/h3-11,17H,12-13H2,1-2H3,(H,24,28)(H,25,27)/p+1/t17-/m1/s1. The minimum Gasteiger partial charge on any atom is -0.343 e. The fourth-order valence-corrected chi connectivity index (χ4v) is 2.66. The lowest BCUT2D eigenvalue weighted by molar-refractivity contribution is -0.860. The van der Waals surface area contributed by atoms with E-state index in [1.54, 1.807) is 0 Å². The highest BCUT2D eigenvalue weighted by Gasteiger charge is 2.30. The monoisotopic (exact) mass is 394 g/mol. The molecule has 0 saturated heterocycles. The zero-order valence-corrected chi connectivity index (χ0v) is 15.6. The second kappa shape index (κ2) is 9.36. The minimum absolute atomic E-state index is 0.0538. The van der Waals surface area contributed by atoms with E-state index in [4.69, 9.17) is 0 Å². The molecule has 0 fully saturated rings. The van der Waals surface area contributed by atoms with E-state index in [1.165, 1.54) is 0 Å². The second-order valence-corrected chi connectivity index (χ2v) is 6.70. The van der Waals surface area contributed by atoms with Crippen molar-refractivity contribution >= 4 is 11.8 Å². The smallest absolute Gasteiger partial charge is 0.343 e. The van der Waals surface area contributed by atoms with Gasteiger partial charge in [-0.05, 0) is 29.8 Å². The SMILES string of the molecule is C[NH+](C)C[C@@H](NC(=O)CNC(=O)c1ccc(C(F)(F)F)cc1)c1ccccc1. The third kappa shape index (κ3) is 6.38. The van der Waals surface area contributed by atoms with E-state index in [0.717, 1.165) is 34.7 Å². The van der Waals surface area contributed by atoms with Crippen LogP contribution in [0.3, 0.4) is 0 Å². The van der Waals surface area contributed by atoms with Crippen LogP contribution in [0.2, 0.25) is 0 Å². The topological polar surface area (TPSA) is 62.6 Å². The van der Waals surface area contributed by atoms with Gasteiger partial charge in [0.2, 0.25) is 5.91 Å². The van der Waals surface area contributed by atoms with Gasteiger partial charge in [0.15, 0.2) is 0 Å².